The van der Waals surface area contributed by atoms with Crippen LogP contribution in [0.2, 0.25) is 0 Å². The molecule has 46 heavy (non-hydrogen) atoms. The highest BCUT2D eigenvalue weighted by atomic mass is 16.2. The molecule has 2 aliphatic rings. The van der Waals surface area contributed by atoms with E-state index in [-0.39, 0.29) is 35.0 Å². The van der Waals surface area contributed by atoms with Crippen molar-refractivity contribution in [2.24, 2.45) is 5.73 Å². The molecule has 1 aliphatic heterocycles. The van der Waals surface area contributed by atoms with Gasteiger partial charge in [-0.3, -0.25) is 14.4 Å². The lowest BCUT2D eigenvalue weighted by atomic mass is 9.73. The molecule has 1 spiro atoms. The standard InChI is InChI=1S/C38H45N5O3/c1-24(30-23-40-32-16-9-7-14-28(30)32)33(41-34(44)25-11-10-12-26(21-25)37(2,3)39)36(46)43-19-17-38(18-20-43)22-29(35(45)42(4)5)27-13-6-8-15-31(27)38/h6-16,21,23-24,29,33,40H,17-20,22,39H2,1-5H3,(H,41,44)/t24-,29-,33-/m1/s1. The summed E-state index contributed by atoms with van der Waals surface area (Å²) in [5.41, 5.74) is 11.2. The summed E-state index contributed by atoms with van der Waals surface area (Å²) in [7, 11) is 3.63. The molecule has 1 fully saturated rings. The van der Waals surface area contributed by atoms with Crippen molar-refractivity contribution in [3.8, 4) is 0 Å². The van der Waals surface area contributed by atoms with E-state index in [0.29, 0.717) is 18.7 Å². The summed E-state index contributed by atoms with van der Waals surface area (Å²) in [6.07, 6.45) is 4.23. The number of para-hydroxylation sites is 1. The van der Waals surface area contributed by atoms with Crippen LogP contribution in [0.3, 0.4) is 0 Å². The van der Waals surface area contributed by atoms with Gasteiger partial charge < -0.3 is 25.8 Å². The number of hydrogen-bond acceptors (Lipinski definition) is 4. The molecular weight excluding hydrogens is 574 g/mol. The zero-order valence-electron chi connectivity index (χ0n) is 27.5. The topological polar surface area (TPSA) is 112 Å². The maximum atomic E-state index is 14.5. The molecule has 240 valence electrons. The summed E-state index contributed by atoms with van der Waals surface area (Å²) < 4.78 is 0. The number of aromatic amines is 1. The largest absolute Gasteiger partial charge is 0.361 e. The number of nitrogens with one attached hydrogen (secondary N) is 2. The number of likely N-dealkylation sites (tertiary alicyclic amines) is 1. The highest BCUT2D eigenvalue weighted by molar-refractivity contribution is 5.98. The Morgan fingerprint density at radius 1 is 1.00 bits per heavy atom. The van der Waals surface area contributed by atoms with Crippen LogP contribution < -0.4 is 11.1 Å². The number of nitrogens with two attached hydrogens (primary N) is 1. The van der Waals surface area contributed by atoms with Crippen LogP contribution in [0, 0.1) is 0 Å². The number of H-pyrrole nitrogens is 1. The van der Waals surface area contributed by atoms with Crippen LogP contribution in [0.1, 0.15) is 84.5 Å². The van der Waals surface area contributed by atoms with Gasteiger partial charge in [-0.2, -0.15) is 0 Å². The molecule has 2 heterocycles. The highest BCUT2D eigenvalue weighted by Gasteiger charge is 2.49. The predicted molar refractivity (Wildman–Crippen MR) is 182 cm³/mol. The van der Waals surface area contributed by atoms with Crippen molar-refractivity contribution in [3.05, 3.63) is 107 Å². The zero-order valence-corrected chi connectivity index (χ0v) is 27.5. The molecule has 0 saturated carbocycles. The van der Waals surface area contributed by atoms with E-state index in [1.54, 1.807) is 17.0 Å². The number of benzene rings is 3. The number of fused-ring (bicyclic) bond motifs is 3. The van der Waals surface area contributed by atoms with Gasteiger partial charge in [-0.15, -0.1) is 0 Å². The highest BCUT2D eigenvalue weighted by Crippen LogP contribution is 2.52. The van der Waals surface area contributed by atoms with Crippen LogP contribution in [0.15, 0.2) is 79.0 Å². The minimum Gasteiger partial charge on any atom is -0.361 e. The quantitative estimate of drug-likeness (QED) is 0.257. The van der Waals surface area contributed by atoms with E-state index < -0.39 is 11.6 Å². The van der Waals surface area contributed by atoms with Crippen LogP contribution in [-0.2, 0) is 20.5 Å². The average Bonchev–Trinajstić information content (AvgIpc) is 3.62. The van der Waals surface area contributed by atoms with Gasteiger partial charge in [-0.05, 0) is 73.6 Å². The molecule has 0 unspecified atom stereocenters. The Hall–Kier alpha value is -4.43. The van der Waals surface area contributed by atoms with Crippen molar-refractivity contribution in [1.29, 1.82) is 0 Å². The number of rotatable bonds is 7. The smallest absolute Gasteiger partial charge is 0.251 e. The van der Waals surface area contributed by atoms with Crippen molar-refractivity contribution < 1.29 is 14.4 Å². The van der Waals surface area contributed by atoms with Gasteiger partial charge in [0.15, 0.2) is 0 Å². The number of likely N-dealkylation sites (N-methyl/N-ethyl adjacent to an activating group) is 1. The average molecular weight is 620 g/mol. The fourth-order valence-corrected chi connectivity index (χ4v) is 7.59. The van der Waals surface area contributed by atoms with Crippen molar-refractivity contribution >= 4 is 28.6 Å². The molecule has 3 atom stereocenters. The zero-order chi connectivity index (χ0) is 32.8. The lowest BCUT2D eigenvalue weighted by molar-refractivity contribution is -0.136. The lowest BCUT2D eigenvalue weighted by Gasteiger charge is -2.42. The van der Waals surface area contributed by atoms with E-state index in [1.807, 2.05) is 88.4 Å². The lowest BCUT2D eigenvalue weighted by Crippen LogP contribution is -2.54. The second-order valence-corrected chi connectivity index (χ2v) is 14.0. The van der Waals surface area contributed by atoms with Crippen molar-refractivity contribution in [3.63, 3.8) is 0 Å². The van der Waals surface area contributed by atoms with Gasteiger partial charge in [-0.1, -0.05) is 61.5 Å². The molecule has 1 aliphatic carbocycles. The SMILES string of the molecule is C[C@H](c1c[nH]c2ccccc12)[C@@H](NC(=O)c1cccc(C(C)(C)N)c1)C(=O)N1CCC2(CC1)C[C@@H](C(=O)N(C)C)c1ccccc12. The number of piperidine rings is 1. The van der Waals surface area contributed by atoms with E-state index >= 15 is 0 Å². The van der Waals surface area contributed by atoms with Gasteiger partial charge in [-0.25, -0.2) is 0 Å². The van der Waals surface area contributed by atoms with E-state index in [0.717, 1.165) is 46.9 Å². The van der Waals surface area contributed by atoms with Crippen LogP contribution in [0.25, 0.3) is 10.9 Å². The number of amides is 3. The third-order valence-corrected chi connectivity index (χ3v) is 10.3. The Morgan fingerprint density at radius 3 is 2.41 bits per heavy atom. The molecule has 3 aromatic carbocycles. The Morgan fingerprint density at radius 2 is 1.70 bits per heavy atom. The molecule has 4 N–H and O–H groups in total. The first-order valence-electron chi connectivity index (χ1n) is 16.3. The van der Waals surface area contributed by atoms with Gasteiger partial charge in [0, 0.05) is 66.7 Å². The second kappa shape index (κ2) is 12.1. The van der Waals surface area contributed by atoms with Gasteiger partial charge >= 0.3 is 0 Å². The second-order valence-electron chi connectivity index (χ2n) is 14.0. The molecule has 8 heteroatoms. The van der Waals surface area contributed by atoms with Gasteiger partial charge in [0.25, 0.3) is 5.91 Å². The molecule has 1 aromatic heterocycles. The summed E-state index contributed by atoms with van der Waals surface area (Å²) in [5.74, 6) is -0.744. The Labute approximate surface area is 271 Å². The molecule has 4 aromatic rings. The van der Waals surface area contributed by atoms with Crippen molar-refractivity contribution in [2.45, 2.75) is 68.9 Å². The van der Waals surface area contributed by atoms with Gasteiger partial charge in [0.05, 0.1) is 5.92 Å². The first kappa shape index (κ1) is 31.5. The van der Waals surface area contributed by atoms with Gasteiger partial charge in [0.2, 0.25) is 11.8 Å². The van der Waals surface area contributed by atoms with Crippen molar-refractivity contribution in [2.75, 3.05) is 27.2 Å². The first-order valence-corrected chi connectivity index (χ1v) is 16.3. The molecule has 1 saturated heterocycles. The first-order chi connectivity index (χ1) is 21.9. The maximum Gasteiger partial charge on any atom is 0.251 e. The normalized spacial score (nSPS) is 18.7. The third-order valence-electron chi connectivity index (χ3n) is 10.3. The molecule has 0 bridgehead atoms. The fraction of sp³-hybridized carbons (Fsp3) is 0.395. The van der Waals surface area contributed by atoms with Crippen LogP contribution in [-0.4, -0.2) is 65.7 Å². The third kappa shape index (κ3) is 5.71. The Kier molecular flexibility index (Phi) is 8.27. The number of hydrogen-bond donors (Lipinski definition) is 3. The Balaban J connectivity index is 1.27. The summed E-state index contributed by atoms with van der Waals surface area (Å²) in [6, 6.07) is 22.9. The van der Waals surface area contributed by atoms with E-state index in [9.17, 15) is 14.4 Å². The summed E-state index contributed by atoms with van der Waals surface area (Å²) in [4.78, 5) is 48.4. The monoisotopic (exact) mass is 619 g/mol. The minimum atomic E-state index is -0.783. The maximum absolute atomic E-state index is 14.5. The van der Waals surface area contributed by atoms with Gasteiger partial charge in [0.1, 0.15) is 6.04 Å². The van der Waals surface area contributed by atoms with E-state index in [1.165, 1.54) is 5.56 Å². The molecule has 3 amide bonds. The minimum absolute atomic E-state index is 0.0940. The summed E-state index contributed by atoms with van der Waals surface area (Å²) >= 11 is 0. The van der Waals surface area contributed by atoms with Crippen molar-refractivity contribution in [1.82, 2.24) is 20.1 Å². The molecule has 0 radical (unpaired) electrons. The van der Waals surface area contributed by atoms with E-state index in [2.05, 4.69) is 28.5 Å². The number of carbonyl (C=O) groups excluding carboxylic acids is 3. The van der Waals surface area contributed by atoms with Crippen LogP contribution in [0.4, 0.5) is 0 Å². The molecule has 6 rings (SSSR count). The number of aromatic nitrogens is 1. The Bertz CT molecular complexity index is 1780. The summed E-state index contributed by atoms with van der Waals surface area (Å²) in [6.45, 7) is 6.92. The number of nitrogens with zero attached hydrogens (tertiary/aromatic N) is 2. The summed E-state index contributed by atoms with van der Waals surface area (Å²) in [5, 5.41) is 4.17. The molecule has 8 nitrogen and oxygen atoms in total. The number of carbonyl (C=O) groups is 3. The fourth-order valence-electron chi connectivity index (χ4n) is 7.59. The predicted octanol–water partition coefficient (Wildman–Crippen LogP) is 5.40. The van der Waals surface area contributed by atoms with Crippen LogP contribution in [0.5, 0.6) is 0 Å². The molecular formula is C38H45N5O3. The van der Waals surface area contributed by atoms with E-state index in [4.69, 9.17) is 5.73 Å². The van der Waals surface area contributed by atoms with Crippen LogP contribution >= 0.6 is 0 Å².